The van der Waals surface area contributed by atoms with E-state index in [-0.39, 0.29) is 11.9 Å². The van der Waals surface area contributed by atoms with E-state index in [0.29, 0.717) is 6.04 Å². The molecule has 2 atom stereocenters. The maximum Gasteiger partial charge on any atom is 0.239 e. The molecule has 0 radical (unpaired) electrons. The summed E-state index contributed by atoms with van der Waals surface area (Å²) in [6.45, 7) is 0.908. The third-order valence-electron chi connectivity index (χ3n) is 3.45. The Morgan fingerprint density at radius 2 is 2.13 bits per heavy atom. The summed E-state index contributed by atoms with van der Waals surface area (Å²) in [5.41, 5.74) is 5.87. The molecule has 1 aliphatic heterocycles. The van der Waals surface area contributed by atoms with Crippen LogP contribution >= 0.6 is 0 Å². The Morgan fingerprint density at radius 3 is 2.87 bits per heavy atom. The van der Waals surface area contributed by atoms with Crippen LogP contribution in [0.25, 0.3) is 0 Å². The van der Waals surface area contributed by atoms with Crippen molar-refractivity contribution < 1.29 is 4.79 Å². The topological polar surface area (TPSA) is 46.3 Å². The molecule has 2 N–H and O–H groups in total. The smallest absolute Gasteiger partial charge is 0.239 e. The van der Waals surface area contributed by atoms with E-state index in [1.54, 1.807) is 0 Å². The average molecular weight is 208 g/mol. The molecule has 84 valence electrons. The average Bonchev–Trinajstić information content (AvgIpc) is 2.44. The molecular formula is C12H20N2O. The molecule has 0 aromatic rings. The Morgan fingerprint density at radius 1 is 1.27 bits per heavy atom. The minimum absolute atomic E-state index is 0.174. The third kappa shape index (κ3) is 2.40. The number of amides is 1. The van der Waals surface area contributed by atoms with E-state index in [9.17, 15) is 4.79 Å². The Bertz CT molecular complexity index is 262. The fourth-order valence-corrected chi connectivity index (χ4v) is 2.52. The first-order chi connectivity index (χ1) is 7.29. The molecular weight excluding hydrogens is 188 g/mol. The highest BCUT2D eigenvalue weighted by Crippen LogP contribution is 2.21. The minimum atomic E-state index is -0.251. The van der Waals surface area contributed by atoms with Crippen molar-refractivity contribution in [3.63, 3.8) is 0 Å². The molecule has 2 rings (SSSR count). The molecule has 0 saturated carbocycles. The van der Waals surface area contributed by atoms with Gasteiger partial charge in [-0.05, 0) is 38.5 Å². The van der Waals surface area contributed by atoms with Crippen molar-refractivity contribution in [1.29, 1.82) is 0 Å². The summed E-state index contributed by atoms with van der Waals surface area (Å²) in [5.74, 6) is 0.174. The van der Waals surface area contributed by atoms with Crippen LogP contribution in [0.1, 0.15) is 38.5 Å². The molecule has 0 aromatic carbocycles. The Kier molecular flexibility index (Phi) is 3.41. The van der Waals surface area contributed by atoms with Crippen LogP contribution in [0, 0.1) is 0 Å². The van der Waals surface area contributed by atoms with Crippen molar-refractivity contribution >= 4 is 5.91 Å². The normalized spacial score (nSPS) is 32.9. The van der Waals surface area contributed by atoms with E-state index in [1.807, 2.05) is 4.90 Å². The number of nitrogens with zero attached hydrogens (tertiary/aromatic N) is 1. The molecule has 3 heteroatoms. The van der Waals surface area contributed by atoms with Gasteiger partial charge >= 0.3 is 0 Å². The zero-order valence-electron chi connectivity index (χ0n) is 9.19. The SMILES string of the molecule is NC1CCCCN(C2CC=CCC2)C1=O. The summed E-state index contributed by atoms with van der Waals surface area (Å²) in [5, 5.41) is 0. The van der Waals surface area contributed by atoms with Crippen molar-refractivity contribution in [2.75, 3.05) is 6.54 Å². The zero-order valence-corrected chi connectivity index (χ0v) is 9.19. The van der Waals surface area contributed by atoms with Gasteiger partial charge < -0.3 is 10.6 Å². The highest BCUT2D eigenvalue weighted by Gasteiger charge is 2.29. The summed E-state index contributed by atoms with van der Waals surface area (Å²) in [6.07, 6.45) is 10.7. The van der Waals surface area contributed by atoms with Gasteiger partial charge in [-0.1, -0.05) is 12.2 Å². The molecule has 1 heterocycles. The summed E-state index contributed by atoms with van der Waals surface area (Å²) < 4.78 is 0. The monoisotopic (exact) mass is 208 g/mol. The Balaban J connectivity index is 2.04. The second-order valence-corrected chi connectivity index (χ2v) is 4.57. The van der Waals surface area contributed by atoms with Gasteiger partial charge in [-0.2, -0.15) is 0 Å². The largest absolute Gasteiger partial charge is 0.338 e. The predicted octanol–water partition coefficient (Wildman–Crippen LogP) is 1.43. The van der Waals surface area contributed by atoms with Gasteiger partial charge in [0.25, 0.3) is 0 Å². The van der Waals surface area contributed by atoms with E-state index >= 15 is 0 Å². The van der Waals surface area contributed by atoms with E-state index in [0.717, 1.165) is 45.1 Å². The molecule has 0 bridgehead atoms. The van der Waals surface area contributed by atoms with Crippen LogP contribution in [-0.4, -0.2) is 29.4 Å². The number of carbonyl (C=O) groups excluding carboxylic acids is 1. The zero-order chi connectivity index (χ0) is 10.7. The van der Waals surface area contributed by atoms with Crippen molar-refractivity contribution in [2.45, 2.75) is 50.6 Å². The van der Waals surface area contributed by atoms with E-state index < -0.39 is 0 Å². The van der Waals surface area contributed by atoms with Gasteiger partial charge in [-0.3, -0.25) is 4.79 Å². The number of hydrogen-bond donors (Lipinski definition) is 1. The van der Waals surface area contributed by atoms with Crippen LogP contribution in [0.5, 0.6) is 0 Å². The lowest BCUT2D eigenvalue weighted by atomic mass is 10.00. The molecule has 1 aliphatic carbocycles. The molecule has 1 saturated heterocycles. The highest BCUT2D eigenvalue weighted by atomic mass is 16.2. The van der Waals surface area contributed by atoms with Crippen LogP contribution in [0.2, 0.25) is 0 Å². The fraction of sp³-hybridized carbons (Fsp3) is 0.750. The van der Waals surface area contributed by atoms with Crippen LogP contribution in [0.15, 0.2) is 12.2 Å². The first kappa shape index (κ1) is 10.7. The van der Waals surface area contributed by atoms with Gasteiger partial charge in [-0.15, -0.1) is 0 Å². The lowest BCUT2D eigenvalue weighted by Gasteiger charge is -2.32. The summed E-state index contributed by atoms with van der Waals surface area (Å²) in [7, 11) is 0. The van der Waals surface area contributed by atoms with Crippen LogP contribution in [0.4, 0.5) is 0 Å². The summed E-state index contributed by atoms with van der Waals surface area (Å²) in [6, 6.07) is 0.157. The van der Waals surface area contributed by atoms with Gasteiger partial charge in [-0.25, -0.2) is 0 Å². The number of carbonyl (C=O) groups is 1. The van der Waals surface area contributed by atoms with Crippen molar-refractivity contribution in [1.82, 2.24) is 4.90 Å². The molecule has 1 amide bonds. The second-order valence-electron chi connectivity index (χ2n) is 4.57. The van der Waals surface area contributed by atoms with Crippen LogP contribution in [0.3, 0.4) is 0 Å². The first-order valence-electron chi connectivity index (χ1n) is 6.00. The Hall–Kier alpha value is -0.830. The van der Waals surface area contributed by atoms with Crippen LogP contribution < -0.4 is 5.73 Å². The van der Waals surface area contributed by atoms with E-state index in [1.165, 1.54) is 0 Å². The second kappa shape index (κ2) is 4.79. The van der Waals surface area contributed by atoms with Gasteiger partial charge in [0.15, 0.2) is 0 Å². The van der Waals surface area contributed by atoms with Crippen molar-refractivity contribution in [3.05, 3.63) is 12.2 Å². The van der Waals surface area contributed by atoms with Gasteiger partial charge in [0.1, 0.15) is 0 Å². The van der Waals surface area contributed by atoms with E-state index in [4.69, 9.17) is 5.73 Å². The van der Waals surface area contributed by atoms with Crippen molar-refractivity contribution in [2.24, 2.45) is 5.73 Å². The van der Waals surface area contributed by atoms with Gasteiger partial charge in [0.05, 0.1) is 6.04 Å². The number of rotatable bonds is 1. The molecule has 3 nitrogen and oxygen atoms in total. The molecule has 2 unspecified atom stereocenters. The maximum absolute atomic E-state index is 12.0. The molecule has 15 heavy (non-hydrogen) atoms. The number of likely N-dealkylation sites (tertiary alicyclic amines) is 1. The lowest BCUT2D eigenvalue weighted by molar-refractivity contribution is -0.134. The molecule has 0 aromatic heterocycles. The van der Waals surface area contributed by atoms with E-state index in [2.05, 4.69) is 12.2 Å². The number of nitrogens with two attached hydrogens (primary N) is 1. The maximum atomic E-state index is 12.0. The number of hydrogen-bond acceptors (Lipinski definition) is 2. The summed E-state index contributed by atoms with van der Waals surface area (Å²) >= 11 is 0. The standard InChI is InChI=1S/C12H20N2O/c13-11-8-4-5-9-14(12(11)15)10-6-2-1-3-7-10/h1-2,10-11H,3-9,13H2. The third-order valence-corrected chi connectivity index (χ3v) is 3.45. The molecule has 0 spiro atoms. The number of allylic oxidation sites excluding steroid dienone is 1. The van der Waals surface area contributed by atoms with Gasteiger partial charge in [0, 0.05) is 12.6 Å². The quantitative estimate of drug-likeness (QED) is 0.663. The lowest BCUT2D eigenvalue weighted by Crippen LogP contribution is -2.47. The van der Waals surface area contributed by atoms with Crippen molar-refractivity contribution in [3.8, 4) is 0 Å². The summed E-state index contributed by atoms with van der Waals surface area (Å²) in [4.78, 5) is 14.1. The molecule has 2 aliphatic rings. The molecule has 1 fully saturated rings. The highest BCUT2D eigenvalue weighted by molar-refractivity contribution is 5.82. The minimum Gasteiger partial charge on any atom is -0.338 e. The van der Waals surface area contributed by atoms with Gasteiger partial charge in [0.2, 0.25) is 5.91 Å². The Labute approximate surface area is 91.3 Å². The fourth-order valence-electron chi connectivity index (χ4n) is 2.52. The van der Waals surface area contributed by atoms with Crippen LogP contribution in [-0.2, 0) is 4.79 Å². The predicted molar refractivity (Wildman–Crippen MR) is 60.3 cm³/mol. The first-order valence-corrected chi connectivity index (χ1v) is 6.00.